The maximum atomic E-state index is 13.1. The Balaban J connectivity index is 1.70. The lowest BCUT2D eigenvalue weighted by atomic mass is 10.1. The largest absolute Gasteiger partial charge is 0.417 e. The summed E-state index contributed by atoms with van der Waals surface area (Å²) in [7, 11) is 0. The van der Waals surface area contributed by atoms with Crippen LogP contribution >= 0.6 is 11.3 Å². The topological polar surface area (TPSA) is 63.2 Å². The molecule has 2 N–H and O–H groups in total. The standard InChI is InChI=1S/C16H16F3N3O2S/c17-16(18,19)12-4-2-1-3-11(12)13-9-25-15(21-13)22-14(23)7-10-8-24-6-5-20-10/h1-4,9-10,20H,5-8H2,(H,21,22,23). The summed E-state index contributed by atoms with van der Waals surface area (Å²) in [6.07, 6.45) is -4.25. The zero-order valence-electron chi connectivity index (χ0n) is 13.1. The van der Waals surface area contributed by atoms with Crippen LogP contribution in [-0.4, -0.2) is 36.7 Å². The molecular weight excluding hydrogens is 355 g/mol. The quantitative estimate of drug-likeness (QED) is 0.867. The monoisotopic (exact) mass is 371 g/mol. The third-order valence-corrected chi connectivity index (χ3v) is 4.45. The van der Waals surface area contributed by atoms with Crippen molar-refractivity contribution in [2.45, 2.75) is 18.6 Å². The van der Waals surface area contributed by atoms with E-state index in [-0.39, 0.29) is 34.8 Å². The number of nitrogens with zero attached hydrogens (tertiary/aromatic N) is 1. The summed E-state index contributed by atoms with van der Waals surface area (Å²) in [4.78, 5) is 16.2. The Labute approximate surface area is 146 Å². The molecule has 1 aromatic carbocycles. The predicted octanol–water partition coefficient (Wildman–Crippen LogP) is 3.15. The summed E-state index contributed by atoms with van der Waals surface area (Å²) in [6.45, 7) is 1.76. The number of benzene rings is 1. The molecule has 0 spiro atoms. The Morgan fingerprint density at radius 1 is 1.40 bits per heavy atom. The number of anilines is 1. The van der Waals surface area contributed by atoms with Gasteiger partial charge in [-0.15, -0.1) is 11.3 Å². The summed E-state index contributed by atoms with van der Waals surface area (Å²) < 4.78 is 44.6. The molecule has 1 aliphatic rings. The molecule has 2 heterocycles. The van der Waals surface area contributed by atoms with Gasteiger partial charge in [0.05, 0.1) is 24.5 Å². The molecule has 1 fully saturated rings. The van der Waals surface area contributed by atoms with Gasteiger partial charge in [0.25, 0.3) is 0 Å². The van der Waals surface area contributed by atoms with Crippen molar-refractivity contribution in [3.8, 4) is 11.3 Å². The van der Waals surface area contributed by atoms with Gasteiger partial charge in [0.15, 0.2) is 5.13 Å². The van der Waals surface area contributed by atoms with E-state index in [0.717, 1.165) is 17.4 Å². The lowest BCUT2D eigenvalue weighted by Gasteiger charge is -2.22. The van der Waals surface area contributed by atoms with Gasteiger partial charge in [0.1, 0.15) is 0 Å². The molecule has 1 saturated heterocycles. The molecule has 3 rings (SSSR count). The van der Waals surface area contributed by atoms with Crippen LogP contribution in [0.5, 0.6) is 0 Å². The van der Waals surface area contributed by atoms with Crippen LogP contribution in [0, 0.1) is 0 Å². The van der Waals surface area contributed by atoms with Crippen molar-refractivity contribution >= 4 is 22.4 Å². The van der Waals surface area contributed by atoms with E-state index in [4.69, 9.17) is 4.74 Å². The average Bonchev–Trinajstić information content (AvgIpc) is 3.03. The van der Waals surface area contributed by atoms with Gasteiger partial charge in [0.2, 0.25) is 5.91 Å². The number of ether oxygens (including phenoxy) is 1. The number of carbonyl (C=O) groups is 1. The van der Waals surface area contributed by atoms with Crippen LogP contribution in [0.4, 0.5) is 18.3 Å². The molecule has 1 unspecified atom stereocenters. The summed E-state index contributed by atoms with van der Waals surface area (Å²) in [5.74, 6) is -0.256. The number of hydrogen-bond acceptors (Lipinski definition) is 5. The second kappa shape index (κ2) is 7.51. The van der Waals surface area contributed by atoms with Crippen LogP contribution in [0.3, 0.4) is 0 Å². The second-order valence-corrected chi connectivity index (χ2v) is 6.42. The molecule has 134 valence electrons. The van der Waals surface area contributed by atoms with Crippen LogP contribution in [0.2, 0.25) is 0 Å². The van der Waals surface area contributed by atoms with Gasteiger partial charge in [-0.25, -0.2) is 4.98 Å². The van der Waals surface area contributed by atoms with E-state index in [1.165, 1.54) is 23.6 Å². The van der Waals surface area contributed by atoms with Crippen LogP contribution in [0.25, 0.3) is 11.3 Å². The molecule has 0 aliphatic carbocycles. The molecule has 9 heteroatoms. The first kappa shape index (κ1) is 17.8. The maximum absolute atomic E-state index is 13.1. The van der Waals surface area contributed by atoms with Crippen molar-refractivity contribution in [2.75, 3.05) is 25.1 Å². The molecule has 0 bridgehead atoms. The minimum atomic E-state index is -4.46. The summed E-state index contributed by atoms with van der Waals surface area (Å²) >= 11 is 1.09. The number of alkyl halides is 3. The normalized spacial score (nSPS) is 18.1. The van der Waals surface area contributed by atoms with Crippen LogP contribution in [0.15, 0.2) is 29.6 Å². The van der Waals surface area contributed by atoms with Gasteiger partial charge in [0, 0.05) is 30.0 Å². The maximum Gasteiger partial charge on any atom is 0.417 e. The minimum Gasteiger partial charge on any atom is -0.378 e. The van der Waals surface area contributed by atoms with Gasteiger partial charge in [-0.2, -0.15) is 13.2 Å². The van der Waals surface area contributed by atoms with E-state index in [1.807, 2.05) is 0 Å². The van der Waals surface area contributed by atoms with Gasteiger partial charge in [-0.1, -0.05) is 18.2 Å². The number of thiazole rings is 1. The fraction of sp³-hybridized carbons (Fsp3) is 0.375. The van der Waals surface area contributed by atoms with Crippen molar-refractivity contribution in [2.24, 2.45) is 0 Å². The molecule has 2 aromatic rings. The van der Waals surface area contributed by atoms with Gasteiger partial charge < -0.3 is 15.4 Å². The van der Waals surface area contributed by atoms with E-state index in [2.05, 4.69) is 15.6 Å². The van der Waals surface area contributed by atoms with E-state index in [0.29, 0.717) is 19.8 Å². The van der Waals surface area contributed by atoms with E-state index in [9.17, 15) is 18.0 Å². The highest BCUT2D eigenvalue weighted by atomic mass is 32.1. The van der Waals surface area contributed by atoms with E-state index in [1.54, 1.807) is 0 Å². The second-order valence-electron chi connectivity index (χ2n) is 5.56. The Kier molecular flexibility index (Phi) is 5.36. The van der Waals surface area contributed by atoms with E-state index >= 15 is 0 Å². The number of nitrogens with one attached hydrogen (secondary N) is 2. The number of morpholine rings is 1. The number of amides is 1. The van der Waals surface area contributed by atoms with Gasteiger partial charge >= 0.3 is 6.18 Å². The highest BCUT2D eigenvalue weighted by Crippen LogP contribution is 2.37. The zero-order valence-corrected chi connectivity index (χ0v) is 13.9. The average molecular weight is 371 g/mol. The lowest BCUT2D eigenvalue weighted by Crippen LogP contribution is -2.43. The van der Waals surface area contributed by atoms with Crippen molar-refractivity contribution < 1.29 is 22.7 Å². The molecule has 0 radical (unpaired) electrons. The molecule has 1 amide bonds. The van der Waals surface area contributed by atoms with Crippen LogP contribution in [-0.2, 0) is 15.7 Å². The molecule has 0 saturated carbocycles. The summed E-state index contributed by atoms with van der Waals surface area (Å²) in [6, 6.07) is 5.17. The molecule has 1 aromatic heterocycles. The molecule has 25 heavy (non-hydrogen) atoms. The Bertz CT molecular complexity index is 742. The Morgan fingerprint density at radius 2 is 2.20 bits per heavy atom. The summed E-state index contributed by atoms with van der Waals surface area (Å²) in [5.41, 5.74) is -0.567. The van der Waals surface area contributed by atoms with Gasteiger partial charge in [-0.05, 0) is 6.07 Å². The summed E-state index contributed by atoms with van der Waals surface area (Å²) in [5, 5.41) is 7.57. The smallest absolute Gasteiger partial charge is 0.378 e. The van der Waals surface area contributed by atoms with Crippen molar-refractivity contribution in [3.05, 3.63) is 35.2 Å². The van der Waals surface area contributed by atoms with Crippen molar-refractivity contribution in [3.63, 3.8) is 0 Å². The minimum absolute atomic E-state index is 0.00547. The van der Waals surface area contributed by atoms with Crippen LogP contribution in [0.1, 0.15) is 12.0 Å². The fourth-order valence-corrected chi connectivity index (χ4v) is 3.28. The lowest BCUT2D eigenvalue weighted by molar-refractivity contribution is -0.137. The number of halogens is 3. The fourth-order valence-electron chi connectivity index (χ4n) is 2.55. The number of rotatable bonds is 4. The SMILES string of the molecule is O=C(CC1COCCN1)Nc1nc(-c2ccccc2C(F)(F)F)cs1. The van der Waals surface area contributed by atoms with Crippen molar-refractivity contribution in [1.29, 1.82) is 0 Å². The first-order valence-electron chi connectivity index (χ1n) is 7.66. The number of carbonyl (C=O) groups excluding carboxylic acids is 1. The molecule has 1 aliphatic heterocycles. The van der Waals surface area contributed by atoms with Gasteiger partial charge in [-0.3, -0.25) is 4.79 Å². The zero-order chi connectivity index (χ0) is 17.9. The number of aromatic nitrogens is 1. The Morgan fingerprint density at radius 3 is 2.92 bits per heavy atom. The van der Waals surface area contributed by atoms with Crippen LogP contribution < -0.4 is 10.6 Å². The molecular formula is C16H16F3N3O2S. The first-order valence-corrected chi connectivity index (χ1v) is 8.54. The number of hydrogen-bond donors (Lipinski definition) is 2. The highest BCUT2D eigenvalue weighted by molar-refractivity contribution is 7.14. The van der Waals surface area contributed by atoms with Crippen molar-refractivity contribution in [1.82, 2.24) is 10.3 Å². The Hall–Kier alpha value is -1.97. The molecule has 5 nitrogen and oxygen atoms in total. The highest BCUT2D eigenvalue weighted by Gasteiger charge is 2.33. The first-order chi connectivity index (χ1) is 11.9. The molecule has 1 atom stereocenters. The third kappa shape index (κ3) is 4.56. The predicted molar refractivity (Wildman–Crippen MR) is 88.4 cm³/mol. The third-order valence-electron chi connectivity index (χ3n) is 3.69. The van der Waals surface area contributed by atoms with E-state index < -0.39 is 11.7 Å².